The van der Waals surface area contributed by atoms with Gasteiger partial charge in [0.15, 0.2) is 0 Å². The molecule has 1 unspecified atom stereocenters. The van der Waals surface area contributed by atoms with Crippen molar-refractivity contribution in [2.45, 2.75) is 13.5 Å². The van der Waals surface area contributed by atoms with Crippen LogP contribution in [-0.2, 0) is 16.1 Å². The highest BCUT2D eigenvalue weighted by molar-refractivity contribution is 7.98. The Morgan fingerprint density at radius 2 is 2.07 bits per heavy atom. The third-order valence-electron chi connectivity index (χ3n) is 2.04. The lowest BCUT2D eigenvalue weighted by molar-refractivity contribution is -0.148. The zero-order valence-electron chi connectivity index (χ0n) is 9.10. The van der Waals surface area contributed by atoms with Crippen LogP contribution >= 0.6 is 11.8 Å². The molecule has 1 aromatic rings. The topological polar surface area (TPSA) is 26.3 Å². The molecule has 0 radical (unpaired) electrons. The van der Waals surface area contributed by atoms with Gasteiger partial charge in [0.2, 0.25) is 0 Å². The molecule has 1 atom stereocenters. The van der Waals surface area contributed by atoms with Crippen molar-refractivity contribution in [3.05, 3.63) is 35.9 Å². The van der Waals surface area contributed by atoms with Crippen LogP contribution in [0.5, 0.6) is 0 Å². The fourth-order valence-corrected chi connectivity index (χ4v) is 1.83. The van der Waals surface area contributed by atoms with Crippen LogP contribution in [0.15, 0.2) is 30.3 Å². The van der Waals surface area contributed by atoms with E-state index in [-0.39, 0.29) is 11.9 Å². The maximum Gasteiger partial charge on any atom is 0.309 e. The van der Waals surface area contributed by atoms with Gasteiger partial charge in [-0.05, 0) is 11.8 Å². The quantitative estimate of drug-likeness (QED) is 0.719. The van der Waals surface area contributed by atoms with Gasteiger partial charge in [-0.2, -0.15) is 11.8 Å². The van der Waals surface area contributed by atoms with Crippen molar-refractivity contribution in [2.24, 2.45) is 5.92 Å². The molecule has 0 fully saturated rings. The second kappa shape index (κ2) is 6.51. The van der Waals surface area contributed by atoms with Gasteiger partial charge in [0.05, 0.1) is 5.92 Å². The summed E-state index contributed by atoms with van der Waals surface area (Å²) in [5, 5.41) is 0. The molecule has 1 aromatic carbocycles. The molecule has 0 aliphatic rings. The third kappa shape index (κ3) is 4.38. The monoisotopic (exact) mass is 224 g/mol. The third-order valence-corrected chi connectivity index (χ3v) is 2.88. The lowest BCUT2D eigenvalue weighted by atomic mass is 10.2. The van der Waals surface area contributed by atoms with Crippen LogP contribution in [0.3, 0.4) is 0 Å². The molecule has 0 bridgehead atoms. The average Bonchev–Trinajstić information content (AvgIpc) is 2.27. The van der Waals surface area contributed by atoms with Crippen molar-refractivity contribution in [3.8, 4) is 0 Å². The summed E-state index contributed by atoms with van der Waals surface area (Å²) in [7, 11) is 0. The Hall–Kier alpha value is -0.960. The number of esters is 1. The molecule has 82 valence electrons. The summed E-state index contributed by atoms with van der Waals surface area (Å²) in [6.45, 7) is 2.27. The highest BCUT2D eigenvalue weighted by Gasteiger charge is 2.13. The molecule has 0 saturated carbocycles. The zero-order chi connectivity index (χ0) is 11.1. The summed E-state index contributed by atoms with van der Waals surface area (Å²) in [5.41, 5.74) is 1.03. The number of hydrogen-bond acceptors (Lipinski definition) is 3. The average molecular weight is 224 g/mol. The Morgan fingerprint density at radius 3 is 2.67 bits per heavy atom. The Labute approximate surface area is 95.0 Å². The maximum atomic E-state index is 11.5. The van der Waals surface area contributed by atoms with Crippen molar-refractivity contribution < 1.29 is 9.53 Å². The van der Waals surface area contributed by atoms with Gasteiger partial charge in [0.1, 0.15) is 6.61 Å². The SMILES string of the molecule is CSCC(C)C(=O)OCc1ccccc1. The molecule has 0 amide bonds. The van der Waals surface area contributed by atoms with Gasteiger partial charge >= 0.3 is 5.97 Å². The van der Waals surface area contributed by atoms with E-state index < -0.39 is 0 Å². The molecule has 3 heteroatoms. The summed E-state index contributed by atoms with van der Waals surface area (Å²) < 4.78 is 5.19. The van der Waals surface area contributed by atoms with Crippen molar-refractivity contribution in [2.75, 3.05) is 12.0 Å². The summed E-state index contributed by atoms with van der Waals surface area (Å²) in [6, 6.07) is 9.73. The lowest BCUT2D eigenvalue weighted by Gasteiger charge is -2.09. The number of rotatable bonds is 5. The fraction of sp³-hybridized carbons (Fsp3) is 0.417. The number of thioether (sulfide) groups is 1. The fourth-order valence-electron chi connectivity index (χ4n) is 1.19. The van der Waals surface area contributed by atoms with Crippen LogP contribution in [0.25, 0.3) is 0 Å². The van der Waals surface area contributed by atoms with E-state index in [1.54, 1.807) is 11.8 Å². The van der Waals surface area contributed by atoms with Gasteiger partial charge < -0.3 is 4.74 Å². The molecule has 1 rings (SSSR count). The van der Waals surface area contributed by atoms with Gasteiger partial charge in [0.25, 0.3) is 0 Å². The van der Waals surface area contributed by atoms with Crippen LogP contribution < -0.4 is 0 Å². The Kier molecular flexibility index (Phi) is 5.26. The molecular formula is C12H16O2S. The van der Waals surface area contributed by atoms with Crippen LogP contribution in [0.2, 0.25) is 0 Å². The minimum Gasteiger partial charge on any atom is -0.461 e. The van der Waals surface area contributed by atoms with E-state index in [4.69, 9.17) is 4.74 Å². The minimum atomic E-state index is -0.117. The largest absolute Gasteiger partial charge is 0.461 e. The van der Waals surface area contributed by atoms with Gasteiger partial charge in [-0.3, -0.25) is 4.79 Å². The molecular weight excluding hydrogens is 208 g/mol. The van der Waals surface area contributed by atoms with E-state index >= 15 is 0 Å². The number of carbonyl (C=O) groups excluding carboxylic acids is 1. The van der Waals surface area contributed by atoms with Gasteiger partial charge in [-0.15, -0.1) is 0 Å². The molecule has 0 saturated heterocycles. The highest BCUT2D eigenvalue weighted by atomic mass is 32.2. The summed E-state index contributed by atoms with van der Waals surface area (Å²) >= 11 is 1.66. The van der Waals surface area contributed by atoms with Gasteiger partial charge in [0, 0.05) is 5.75 Å². The standard InChI is InChI=1S/C12H16O2S/c1-10(9-15-2)12(13)14-8-11-6-4-3-5-7-11/h3-7,10H,8-9H2,1-2H3. The first-order chi connectivity index (χ1) is 7.24. The summed E-state index contributed by atoms with van der Waals surface area (Å²) in [6.07, 6.45) is 1.99. The van der Waals surface area contributed by atoms with E-state index in [9.17, 15) is 4.79 Å². The maximum absolute atomic E-state index is 11.5. The molecule has 0 aliphatic carbocycles. The first-order valence-corrected chi connectivity index (χ1v) is 6.33. The molecule has 0 spiro atoms. The lowest BCUT2D eigenvalue weighted by Crippen LogP contribution is -2.16. The van der Waals surface area contributed by atoms with Crippen molar-refractivity contribution >= 4 is 17.7 Å². The van der Waals surface area contributed by atoms with Crippen molar-refractivity contribution in [3.63, 3.8) is 0 Å². The van der Waals surface area contributed by atoms with E-state index in [2.05, 4.69) is 0 Å². The van der Waals surface area contributed by atoms with E-state index in [1.807, 2.05) is 43.5 Å². The Balaban J connectivity index is 2.34. The van der Waals surface area contributed by atoms with E-state index in [0.29, 0.717) is 6.61 Å². The molecule has 0 N–H and O–H groups in total. The van der Waals surface area contributed by atoms with E-state index in [1.165, 1.54) is 0 Å². The molecule has 2 nitrogen and oxygen atoms in total. The first-order valence-electron chi connectivity index (χ1n) is 4.93. The molecule has 15 heavy (non-hydrogen) atoms. The zero-order valence-corrected chi connectivity index (χ0v) is 9.92. The summed E-state index contributed by atoms with van der Waals surface area (Å²) in [4.78, 5) is 11.5. The predicted molar refractivity (Wildman–Crippen MR) is 63.8 cm³/mol. The van der Waals surface area contributed by atoms with Crippen molar-refractivity contribution in [1.82, 2.24) is 0 Å². The molecule has 0 aliphatic heterocycles. The van der Waals surface area contributed by atoms with E-state index in [0.717, 1.165) is 11.3 Å². The van der Waals surface area contributed by atoms with Gasteiger partial charge in [-0.1, -0.05) is 37.3 Å². The highest BCUT2D eigenvalue weighted by Crippen LogP contribution is 2.08. The molecule has 0 aromatic heterocycles. The Bertz CT molecular complexity index is 298. The number of ether oxygens (including phenoxy) is 1. The van der Waals surface area contributed by atoms with Crippen LogP contribution in [0.1, 0.15) is 12.5 Å². The first kappa shape index (κ1) is 12.1. The van der Waals surface area contributed by atoms with Crippen molar-refractivity contribution in [1.29, 1.82) is 0 Å². The number of hydrogen-bond donors (Lipinski definition) is 0. The van der Waals surface area contributed by atoms with Crippen LogP contribution in [0.4, 0.5) is 0 Å². The number of benzene rings is 1. The normalized spacial score (nSPS) is 12.1. The second-order valence-corrected chi connectivity index (χ2v) is 4.36. The Morgan fingerprint density at radius 1 is 1.40 bits per heavy atom. The minimum absolute atomic E-state index is 0.0243. The second-order valence-electron chi connectivity index (χ2n) is 3.45. The molecule has 0 heterocycles. The smallest absolute Gasteiger partial charge is 0.309 e. The van der Waals surface area contributed by atoms with Crippen LogP contribution in [-0.4, -0.2) is 18.0 Å². The van der Waals surface area contributed by atoms with Gasteiger partial charge in [-0.25, -0.2) is 0 Å². The number of carbonyl (C=O) groups is 1. The van der Waals surface area contributed by atoms with Crippen LogP contribution in [0, 0.1) is 5.92 Å². The summed E-state index contributed by atoms with van der Waals surface area (Å²) in [5.74, 6) is 0.671. The predicted octanol–water partition coefficient (Wildman–Crippen LogP) is 2.73.